The van der Waals surface area contributed by atoms with Gasteiger partial charge in [0, 0.05) is 32.1 Å². The molecule has 1 aliphatic rings. The second kappa shape index (κ2) is 5.90. The molecule has 114 valence electrons. The third-order valence-electron chi connectivity index (χ3n) is 3.35. The zero-order valence-corrected chi connectivity index (χ0v) is 12.0. The van der Waals surface area contributed by atoms with Crippen LogP contribution in [0.2, 0.25) is 0 Å². The molecule has 0 saturated carbocycles. The van der Waals surface area contributed by atoms with Crippen molar-refractivity contribution in [2.75, 3.05) is 36.8 Å². The molecule has 1 aromatic rings. The first-order valence-electron chi connectivity index (χ1n) is 6.70. The summed E-state index contributed by atoms with van der Waals surface area (Å²) < 4.78 is 0. The number of amides is 1. The van der Waals surface area contributed by atoms with Gasteiger partial charge in [-0.1, -0.05) is 13.8 Å². The summed E-state index contributed by atoms with van der Waals surface area (Å²) in [5.74, 6) is 0.307. The van der Waals surface area contributed by atoms with Gasteiger partial charge in [-0.25, -0.2) is 4.98 Å². The van der Waals surface area contributed by atoms with Crippen LogP contribution in [0.5, 0.6) is 0 Å². The minimum atomic E-state index is -0.613. The summed E-state index contributed by atoms with van der Waals surface area (Å²) in [5, 5.41) is 10.7. The van der Waals surface area contributed by atoms with Gasteiger partial charge >= 0.3 is 5.69 Å². The summed E-state index contributed by atoms with van der Waals surface area (Å²) in [6.07, 6.45) is 1.11. The Balaban J connectivity index is 2.04. The lowest BCUT2D eigenvalue weighted by Crippen LogP contribution is -2.50. The van der Waals surface area contributed by atoms with E-state index < -0.39 is 4.92 Å². The molecule has 0 unspecified atom stereocenters. The number of hydrogen-bond acceptors (Lipinski definition) is 7. The maximum absolute atomic E-state index is 11.9. The van der Waals surface area contributed by atoms with Crippen molar-refractivity contribution in [1.29, 1.82) is 0 Å². The molecule has 2 rings (SSSR count). The lowest BCUT2D eigenvalue weighted by atomic mass is 10.1. The Morgan fingerprint density at radius 3 is 2.48 bits per heavy atom. The molecule has 0 bridgehead atoms. The van der Waals surface area contributed by atoms with Crippen molar-refractivity contribution in [3.05, 3.63) is 16.3 Å². The van der Waals surface area contributed by atoms with E-state index in [4.69, 9.17) is 5.73 Å². The number of hydrogen-bond donors (Lipinski definition) is 1. The number of anilines is 2. The Bertz CT molecular complexity index is 554. The summed E-state index contributed by atoms with van der Waals surface area (Å²) >= 11 is 0. The fraction of sp³-hybridized carbons (Fsp3) is 0.583. The van der Waals surface area contributed by atoms with Crippen LogP contribution in [0, 0.1) is 16.0 Å². The Kier molecular flexibility index (Phi) is 4.20. The van der Waals surface area contributed by atoms with E-state index >= 15 is 0 Å². The van der Waals surface area contributed by atoms with Crippen LogP contribution in [0.25, 0.3) is 0 Å². The number of rotatable bonds is 3. The highest BCUT2D eigenvalue weighted by Crippen LogP contribution is 2.21. The number of piperazine rings is 1. The quantitative estimate of drug-likeness (QED) is 0.627. The topological polar surface area (TPSA) is 118 Å². The van der Waals surface area contributed by atoms with Gasteiger partial charge in [0.15, 0.2) is 0 Å². The average Bonchev–Trinajstić information content (AvgIpc) is 2.46. The highest BCUT2D eigenvalue weighted by atomic mass is 16.6. The average molecular weight is 294 g/mol. The Labute approximate surface area is 121 Å². The minimum Gasteiger partial charge on any atom is -0.378 e. The lowest BCUT2D eigenvalue weighted by Gasteiger charge is -2.35. The van der Waals surface area contributed by atoms with Crippen LogP contribution < -0.4 is 10.6 Å². The third kappa shape index (κ3) is 3.18. The highest BCUT2D eigenvalue weighted by Gasteiger charge is 2.25. The Hall–Kier alpha value is -2.45. The van der Waals surface area contributed by atoms with E-state index in [1.54, 1.807) is 4.90 Å². The highest BCUT2D eigenvalue weighted by molar-refractivity contribution is 5.78. The van der Waals surface area contributed by atoms with Gasteiger partial charge in [0.2, 0.25) is 17.7 Å². The Morgan fingerprint density at radius 1 is 1.38 bits per heavy atom. The zero-order chi connectivity index (χ0) is 15.6. The summed E-state index contributed by atoms with van der Waals surface area (Å²) in [7, 11) is 0. The molecule has 2 N–H and O–H groups in total. The maximum atomic E-state index is 11.9. The van der Waals surface area contributed by atoms with Crippen LogP contribution in [0.1, 0.15) is 13.8 Å². The molecule has 0 atom stereocenters. The van der Waals surface area contributed by atoms with Crippen LogP contribution in [-0.4, -0.2) is 51.9 Å². The second-order valence-corrected chi connectivity index (χ2v) is 5.16. The lowest BCUT2D eigenvalue weighted by molar-refractivity contribution is -0.384. The van der Waals surface area contributed by atoms with Crippen molar-refractivity contribution in [1.82, 2.24) is 14.9 Å². The number of carbonyl (C=O) groups is 1. The molecular formula is C12H18N6O3. The zero-order valence-electron chi connectivity index (χ0n) is 12.0. The predicted molar refractivity (Wildman–Crippen MR) is 76.7 cm³/mol. The van der Waals surface area contributed by atoms with Gasteiger partial charge in [-0.3, -0.25) is 14.9 Å². The van der Waals surface area contributed by atoms with Crippen LogP contribution in [-0.2, 0) is 4.79 Å². The summed E-state index contributed by atoms with van der Waals surface area (Å²) in [4.78, 5) is 33.6. The van der Waals surface area contributed by atoms with E-state index in [1.165, 1.54) is 0 Å². The van der Waals surface area contributed by atoms with Crippen molar-refractivity contribution >= 4 is 23.4 Å². The molecule has 0 aromatic carbocycles. The first-order chi connectivity index (χ1) is 9.90. The predicted octanol–water partition coefficient (Wildman–Crippen LogP) is 0.272. The van der Waals surface area contributed by atoms with Gasteiger partial charge in [0.1, 0.15) is 6.20 Å². The molecule has 9 heteroatoms. The van der Waals surface area contributed by atoms with Gasteiger partial charge in [-0.05, 0) is 0 Å². The fourth-order valence-corrected chi connectivity index (χ4v) is 2.16. The number of nitro groups is 1. The molecular weight excluding hydrogens is 276 g/mol. The first-order valence-corrected chi connectivity index (χ1v) is 6.70. The minimum absolute atomic E-state index is 0.0252. The van der Waals surface area contributed by atoms with E-state index in [-0.39, 0.29) is 23.3 Å². The maximum Gasteiger partial charge on any atom is 0.329 e. The summed E-state index contributed by atoms with van der Waals surface area (Å²) in [6, 6.07) is 0. The van der Waals surface area contributed by atoms with E-state index in [9.17, 15) is 14.9 Å². The summed E-state index contributed by atoms with van der Waals surface area (Å²) in [6.45, 7) is 6.06. The number of nitrogens with two attached hydrogens (primary N) is 1. The van der Waals surface area contributed by atoms with Gasteiger partial charge in [-0.15, -0.1) is 0 Å². The molecule has 1 fully saturated rings. The van der Waals surface area contributed by atoms with Crippen molar-refractivity contribution in [3.63, 3.8) is 0 Å². The van der Waals surface area contributed by atoms with Crippen molar-refractivity contribution in [2.45, 2.75) is 13.8 Å². The van der Waals surface area contributed by atoms with Crippen LogP contribution in [0.4, 0.5) is 17.5 Å². The second-order valence-electron chi connectivity index (χ2n) is 5.16. The molecule has 0 radical (unpaired) electrons. The van der Waals surface area contributed by atoms with Gasteiger partial charge in [0.05, 0.1) is 4.92 Å². The first kappa shape index (κ1) is 14.9. The van der Waals surface area contributed by atoms with Crippen molar-refractivity contribution in [2.24, 2.45) is 5.92 Å². The number of nitrogens with zero attached hydrogens (tertiary/aromatic N) is 5. The molecule has 1 aromatic heterocycles. The van der Waals surface area contributed by atoms with E-state index in [1.807, 2.05) is 18.7 Å². The van der Waals surface area contributed by atoms with Crippen LogP contribution in [0.3, 0.4) is 0 Å². The van der Waals surface area contributed by atoms with Gasteiger partial charge in [-0.2, -0.15) is 4.98 Å². The van der Waals surface area contributed by atoms with E-state index in [0.29, 0.717) is 32.1 Å². The van der Waals surface area contributed by atoms with Gasteiger partial charge in [0.25, 0.3) is 0 Å². The largest absolute Gasteiger partial charge is 0.378 e. The molecule has 0 aliphatic carbocycles. The summed E-state index contributed by atoms with van der Waals surface area (Å²) in [5.41, 5.74) is 5.26. The number of aromatic nitrogens is 2. The normalized spacial score (nSPS) is 15.4. The van der Waals surface area contributed by atoms with Gasteiger partial charge < -0.3 is 15.5 Å². The number of carbonyl (C=O) groups excluding carboxylic acids is 1. The van der Waals surface area contributed by atoms with E-state index in [0.717, 1.165) is 6.20 Å². The molecule has 2 heterocycles. The molecule has 1 amide bonds. The van der Waals surface area contributed by atoms with E-state index in [2.05, 4.69) is 9.97 Å². The van der Waals surface area contributed by atoms with Crippen LogP contribution >= 0.6 is 0 Å². The fourth-order valence-electron chi connectivity index (χ4n) is 2.16. The monoisotopic (exact) mass is 294 g/mol. The number of nitrogen functional groups attached to an aromatic ring is 1. The molecule has 9 nitrogen and oxygen atoms in total. The third-order valence-corrected chi connectivity index (χ3v) is 3.35. The molecule has 1 aliphatic heterocycles. The molecule has 21 heavy (non-hydrogen) atoms. The van der Waals surface area contributed by atoms with Crippen molar-refractivity contribution in [3.8, 4) is 0 Å². The Morgan fingerprint density at radius 2 is 2.00 bits per heavy atom. The standard InChI is InChI=1S/C12H18N6O3/c1-8(2)11(19)16-3-5-17(6-4-16)12-14-7-9(18(20)21)10(13)15-12/h7-8H,3-6H2,1-2H3,(H2,13,14,15). The molecule has 0 spiro atoms. The van der Waals surface area contributed by atoms with Crippen LogP contribution in [0.15, 0.2) is 6.20 Å². The van der Waals surface area contributed by atoms with Crippen molar-refractivity contribution < 1.29 is 9.72 Å². The SMILES string of the molecule is CC(C)C(=O)N1CCN(c2ncc([N+](=O)[O-])c(N)n2)CC1. The molecule has 1 saturated heterocycles. The smallest absolute Gasteiger partial charge is 0.329 e.